The number of aromatic amines is 1. The molecule has 0 radical (unpaired) electrons. The molecular weight excluding hydrogens is 218 g/mol. The van der Waals surface area contributed by atoms with Crippen LogP contribution in [0.25, 0.3) is 11.4 Å². The summed E-state index contributed by atoms with van der Waals surface area (Å²) in [6.07, 6.45) is 6.53. The van der Waals surface area contributed by atoms with Crippen molar-refractivity contribution in [3.8, 4) is 11.4 Å². The lowest BCUT2D eigenvalue weighted by atomic mass is 10.0. The maximum absolute atomic E-state index is 6.38. The number of nitrogens with one attached hydrogen (secondary N) is 1. The molecule has 0 aromatic carbocycles. The van der Waals surface area contributed by atoms with Crippen LogP contribution >= 0.6 is 11.3 Å². The van der Waals surface area contributed by atoms with Crippen molar-refractivity contribution in [2.75, 3.05) is 0 Å². The molecule has 1 fully saturated rings. The van der Waals surface area contributed by atoms with Gasteiger partial charge in [-0.25, -0.2) is 4.98 Å². The van der Waals surface area contributed by atoms with Crippen LogP contribution in [0.2, 0.25) is 0 Å². The summed E-state index contributed by atoms with van der Waals surface area (Å²) in [6.45, 7) is 0. The average Bonchev–Trinajstić information content (AvgIpc) is 2.98. The minimum atomic E-state index is -0.157. The van der Waals surface area contributed by atoms with Crippen molar-refractivity contribution in [1.29, 1.82) is 0 Å². The average molecular weight is 233 g/mol. The SMILES string of the molecule is NC1(c2nc(-c3ccc[nH]3)cs2)CCCC1. The van der Waals surface area contributed by atoms with Crippen molar-refractivity contribution in [3.63, 3.8) is 0 Å². The van der Waals surface area contributed by atoms with Crippen molar-refractivity contribution in [2.45, 2.75) is 31.2 Å². The summed E-state index contributed by atoms with van der Waals surface area (Å²) in [5.74, 6) is 0. The van der Waals surface area contributed by atoms with E-state index in [1.165, 1.54) is 12.8 Å². The quantitative estimate of drug-likeness (QED) is 0.838. The standard InChI is InChI=1S/C12H15N3S/c13-12(5-1-2-6-12)11-15-10(8-16-11)9-4-3-7-14-9/h3-4,7-8,14H,1-2,5-6,13H2. The normalized spacial score (nSPS) is 19.1. The van der Waals surface area contributed by atoms with E-state index in [1.807, 2.05) is 18.3 Å². The summed E-state index contributed by atoms with van der Waals surface area (Å²) in [5, 5.41) is 3.18. The molecule has 4 heteroatoms. The molecular formula is C12H15N3S. The molecule has 2 heterocycles. The molecule has 1 aliphatic carbocycles. The predicted molar refractivity (Wildman–Crippen MR) is 66.2 cm³/mol. The van der Waals surface area contributed by atoms with Gasteiger partial charge in [-0.05, 0) is 25.0 Å². The minimum absolute atomic E-state index is 0.157. The van der Waals surface area contributed by atoms with Crippen molar-refractivity contribution >= 4 is 11.3 Å². The van der Waals surface area contributed by atoms with E-state index in [0.717, 1.165) is 29.2 Å². The van der Waals surface area contributed by atoms with Crippen molar-refractivity contribution in [2.24, 2.45) is 5.73 Å². The lowest BCUT2D eigenvalue weighted by molar-refractivity contribution is 0.459. The lowest BCUT2D eigenvalue weighted by Gasteiger charge is -2.19. The third kappa shape index (κ3) is 1.58. The monoisotopic (exact) mass is 233 g/mol. The Bertz CT molecular complexity index is 466. The fraction of sp³-hybridized carbons (Fsp3) is 0.417. The van der Waals surface area contributed by atoms with Crippen LogP contribution in [0.3, 0.4) is 0 Å². The number of H-pyrrole nitrogens is 1. The highest BCUT2D eigenvalue weighted by Gasteiger charge is 2.34. The van der Waals surface area contributed by atoms with Crippen LogP contribution in [0.1, 0.15) is 30.7 Å². The van der Waals surface area contributed by atoms with E-state index in [0.29, 0.717) is 0 Å². The molecule has 84 valence electrons. The van der Waals surface area contributed by atoms with Crippen molar-refractivity contribution in [3.05, 3.63) is 28.7 Å². The highest BCUT2D eigenvalue weighted by atomic mass is 32.1. The summed E-state index contributed by atoms with van der Waals surface area (Å²) in [7, 11) is 0. The first-order valence-corrected chi connectivity index (χ1v) is 6.55. The maximum atomic E-state index is 6.38. The number of thiazole rings is 1. The molecule has 3 rings (SSSR count). The molecule has 2 aromatic rings. The molecule has 0 spiro atoms. The Labute approximate surface area is 98.7 Å². The minimum Gasteiger partial charge on any atom is -0.360 e. The summed E-state index contributed by atoms with van der Waals surface area (Å²) < 4.78 is 0. The Hall–Kier alpha value is -1.13. The van der Waals surface area contributed by atoms with Gasteiger partial charge in [0.25, 0.3) is 0 Å². The number of nitrogens with zero attached hydrogens (tertiary/aromatic N) is 1. The zero-order valence-corrected chi connectivity index (χ0v) is 9.89. The smallest absolute Gasteiger partial charge is 0.113 e. The van der Waals surface area contributed by atoms with E-state index in [1.54, 1.807) is 11.3 Å². The van der Waals surface area contributed by atoms with Crippen LogP contribution in [-0.4, -0.2) is 9.97 Å². The molecule has 1 saturated carbocycles. The van der Waals surface area contributed by atoms with E-state index >= 15 is 0 Å². The number of rotatable bonds is 2. The maximum Gasteiger partial charge on any atom is 0.113 e. The first kappa shape index (κ1) is 10.1. The highest BCUT2D eigenvalue weighted by molar-refractivity contribution is 7.10. The Kier molecular flexibility index (Phi) is 2.33. The Morgan fingerprint density at radius 2 is 2.19 bits per heavy atom. The van der Waals surface area contributed by atoms with Gasteiger partial charge in [-0.15, -0.1) is 11.3 Å². The van der Waals surface area contributed by atoms with Gasteiger partial charge >= 0.3 is 0 Å². The Morgan fingerprint density at radius 3 is 2.88 bits per heavy atom. The van der Waals surface area contributed by atoms with Crippen molar-refractivity contribution in [1.82, 2.24) is 9.97 Å². The second kappa shape index (κ2) is 3.71. The summed E-state index contributed by atoms with van der Waals surface area (Å²) in [5.41, 5.74) is 8.32. The van der Waals surface area contributed by atoms with Gasteiger partial charge in [0.15, 0.2) is 0 Å². The third-order valence-electron chi connectivity index (χ3n) is 3.30. The van der Waals surface area contributed by atoms with Gasteiger partial charge in [0.05, 0.1) is 16.9 Å². The Morgan fingerprint density at radius 1 is 1.38 bits per heavy atom. The number of nitrogens with two attached hydrogens (primary N) is 1. The molecule has 0 bridgehead atoms. The van der Waals surface area contributed by atoms with Crippen LogP contribution in [-0.2, 0) is 5.54 Å². The summed E-state index contributed by atoms with van der Waals surface area (Å²) in [4.78, 5) is 7.84. The van der Waals surface area contributed by atoms with Gasteiger partial charge in [0, 0.05) is 11.6 Å². The van der Waals surface area contributed by atoms with Crippen LogP contribution in [0, 0.1) is 0 Å². The molecule has 0 saturated heterocycles. The molecule has 0 unspecified atom stereocenters. The topological polar surface area (TPSA) is 54.7 Å². The highest BCUT2D eigenvalue weighted by Crippen LogP contribution is 2.38. The van der Waals surface area contributed by atoms with Gasteiger partial charge in [0.1, 0.15) is 5.01 Å². The van der Waals surface area contributed by atoms with Gasteiger partial charge < -0.3 is 10.7 Å². The molecule has 3 nitrogen and oxygen atoms in total. The van der Waals surface area contributed by atoms with Crippen molar-refractivity contribution < 1.29 is 0 Å². The molecule has 16 heavy (non-hydrogen) atoms. The first-order valence-electron chi connectivity index (χ1n) is 5.67. The van der Waals surface area contributed by atoms with E-state index in [-0.39, 0.29) is 5.54 Å². The van der Waals surface area contributed by atoms with E-state index in [9.17, 15) is 0 Å². The van der Waals surface area contributed by atoms with E-state index < -0.39 is 0 Å². The summed E-state index contributed by atoms with van der Waals surface area (Å²) in [6, 6.07) is 4.03. The largest absolute Gasteiger partial charge is 0.360 e. The van der Waals surface area contributed by atoms with E-state index in [2.05, 4.69) is 15.3 Å². The second-order valence-electron chi connectivity index (χ2n) is 4.48. The predicted octanol–water partition coefficient (Wildman–Crippen LogP) is 2.87. The molecule has 3 N–H and O–H groups in total. The van der Waals surface area contributed by atoms with Crippen LogP contribution in [0.5, 0.6) is 0 Å². The van der Waals surface area contributed by atoms with Crippen LogP contribution < -0.4 is 5.73 Å². The molecule has 0 atom stereocenters. The van der Waals surface area contributed by atoms with Gasteiger partial charge in [-0.3, -0.25) is 0 Å². The zero-order valence-electron chi connectivity index (χ0n) is 9.07. The molecule has 0 aliphatic heterocycles. The van der Waals surface area contributed by atoms with Gasteiger partial charge in [-0.1, -0.05) is 12.8 Å². The zero-order chi connectivity index (χ0) is 11.0. The number of hydrogen-bond donors (Lipinski definition) is 2. The number of hydrogen-bond acceptors (Lipinski definition) is 3. The molecule has 2 aromatic heterocycles. The van der Waals surface area contributed by atoms with Gasteiger partial charge in [0.2, 0.25) is 0 Å². The second-order valence-corrected chi connectivity index (χ2v) is 5.34. The summed E-state index contributed by atoms with van der Waals surface area (Å²) >= 11 is 1.69. The lowest BCUT2D eigenvalue weighted by Crippen LogP contribution is -2.32. The first-order chi connectivity index (χ1) is 7.78. The van der Waals surface area contributed by atoms with Gasteiger partial charge in [-0.2, -0.15) is 0 Å². The molecule has 1 aliphatic rings. The Balaban J connectivity index is 1.93. The van der Waals surface area contributed by atoms with E-state index in [4.69, 9.17) is 5.73 Å². The third-order valence-corrected chi connectivity index (χ3v) is 4.36. The fourth-order valence-corrected chi connectivity index (χ4v) is 3.33. The van der Waals surface area contributed by atoms with Crippen LogP contribution in [0.4, 0.5) is 0 Å². The van der Waals surface area contributed by atoms with Crippen LogP contribution in [0.15, 0.2) is 23.7 Å². The number of aromatic nitrogens is 2. The fourth-order valence-electron chi connectivity index (χ4n) is 2.34. The molecule has 0 amide bonds.